The van der Waals surface area contributed by atoms with Gasteiger partial charge in [0.25, 0.3) is 0 Å². The molecule has 0 spiro atoms. The molecule has 1 saturated carbocycles. The van der Waals surface area contributed by atoms with Gasteiger partial charge in [-0.3, -0.25) is 14.4 Å². The van der Waals surface area contributed by atoms with Crippen LogP contribution in [0.2, 0.25) is 0 Å². The van der Waals surface area contributed by atoms with Gasteiger partial charge in [-0.05, 0) is 30.4 Å². The molecule has 1 aliphatic carbocycles. The van der Waals surface area contributed by atoms with Crippen LogP contribution >= 0.6 is 0 Å². The molecule has 6 nitrogen and oxygen atoms in total. The van der Waals surface area contributed by atoms with E-state index in [-0.39, 0.29) is 42.1 Å². The van der Waals surface area contributed by atoms with Crippen molar-refractivity contribution in [1.29, 1.82) is 0 Å². The number of nitrogens with one attached hydrogen (secondary N) is 2. The standard InChI is InChI=1S/C27H33N3O3/c31-24(29-22-13-7-8-14-22)17-18-28-27(33)23-15-16-25(32)30(19-20-9-3-1-4-10-20)26(23)21-11-5-2-6-12-21/h1-6,9-12,22-23,26H,7-8,13-19H2,(H,28,33)(H,29,31). The molecule has 174 valence electrons. The molecule has 1 saturated heterocycles. The monoisotopic (exact) mass is 447 g/mol. The average Bonchev–Trinajstić information content (AvgIpc) is 3.34. The second kappa shape index (κ2) is 11.1. The highest BCUT2D eigenvalue weighted by Crippen LogP contribution is 2.38. The van der Waals surface area contributed by atoms with Gasteiger partial charge >= 0.3 is 0 Å². The van der Waals surface area contributed by atoms with Crippen LogP contribution in [0.5, 0.6) is 0 Å². The van der Waals surface area contributed by atoms with Gasteiger partial charge in [-0.1, -0.05) is 73.5 Å². The van der Waals surface area contributed by atoms with Crippen molar-refractivity contribution < 1.29 is 14.4 Å². The van der Waals surface area contributed by atoms with Gasteiger partial charge in [0, 0.05) is 32.0 Å². The summed E-state index contributed by atoms with van der Waals surface area (Å²) >= 11 is 0. The lowest BCUT2D eigenvalue weighted by atomic mass is 9.83. The highest BCUT2D eigenvalue weighted by molar-refractivity contribution is 5.85. The molecule has 0 radical (unpaired) electrons. The van der Waals surface area contributed by atoms with Crippen molar-refractivity contribution in [3.05, 3.63) is 71.8 Å². The fourth-order valence-corrected chi connectivity index (χ4v) is 5.06. The molecule has 2 aromatic carbocycles. The minimum atomic E-state index is -0.355. The molecular formula is C27H33N3O3. The van der Waals surface area contributed by atoms with E-state index >= 15 is 0 Å². The predicted molar refractivity (Wildman–Crippen MR) is 127 cm³/mol. The third kappa shape index (κ3) is 6.01. The van der Waals surface area contributed by atoms with Crippen LogP contribution in [0.25, 0.3) is 0 Å². The Labute approximate surface area is 195 Å². The first-order valence-electron chi connectivity index (χ1n) is 12.1. The van der Waals surface area contributed by atoms with E-state index in [1.165, 1.54) is 12.8 Å². The van der Waals surface area contributed by atoms with Crippen molar-refractivity contribution in [3.8, 4) is 0 Å². The maximum Gasteiger partial charge on any atom is 0.225 e. The maximum atomic E-state index is 13.2. The third-order valence-electron chi connectivity index (χ3n) is 6.75. The molecule has 33 heavy (non-hydrogen) atoms. The van der Waals surface area contributed by atoms with Crippen LogP contribution in [0.4, 0.5) is 0 Å². The van der Waals surface area contributed by atoms with Crippen LogP contribution in [0.3, 0.4) is 0 Å². The highest BCUT2D eigenvalue weighted by atomic mass is 16.2. The highest BCUT2D eigenvalue weighted by Gasteiger charge is 2.40. The normalized spacial score (nSPS) is 21.1. The lowest BCUT2D eigenvalue weighted by Gasteiger charge is -2.41. The molecule has 2 N–H and O–H groups in total. The van der Waals surface area contributed by atoms with Gasteiger partial charge in [0.1, 0.15) is 0 Å². The van der Waals surface area contributed by atoms with Gasteiger partial charge in [0.05, 0.1) is 12.0 Å². The van der Waals surface area contributed by atoms with Gasteiger partial charge < -0.3 is 15.5 Å². The zero-order valence-corrected chi connectivity index (χ0v) is 19.0. The molecule has 2 unspecified atom stereocenters. The van der Waals surface area contributed by atoms with Crippen molar-refractivity contribution >= 4 is 17.7 Å². The van der Waals surface area contributed by atoms with E-state index in [2.05, 4.69) is 10.6 Å². The Bertz CT molecular complexity index is 942. The largest absolute Gasteiger partial charge is 0.355 e. The molecule has 1 heterocycles. The Morgan fingerprint density at radius 3 is 2.27 bits per heavy atom. The number of rotatable bonds is 8. The molecule has 3 amide bonds. The number of hydrogen-bond donors (Lipinski definition) is 2. The number of nitrogens with zero attached hydrogens (tertiary/aromatic N) is 1. The molecule has 4 rings (SSSR count). The SMILES string of the molecule is O=C(CCNC(=O)C1CCC(=O)N(Cc2ccccc2)C1c1ccccc1)NC1CCCC1. The van der Waals surface area contributed by atoms with Crippen LogP contribution in [0.15, 0.2) is 60.7 Å². The Balaban J connectivity index is 1.43. The zero-order chi connectivity index (χ0) is 23.0. The summed E-state index contributed by atoms with van der Waals surface area (Å²) in [6.07, 6.45) is 5.55. The summed E-state index contributed by atoms with van der Waals surface area (Å²) in [6.45, 7) is 0.773. The molecule has 2 aliphatic rings. The number of carbonyl (C=O) groups excluding carboxylic acids is 3. The van der Waals surface area contributed by atoms with Gasteiger partial charge in [-0.25, -0.2) is 0 Å². The van der Waals surface area contributed by atoms with Crippen LogP contribution in [0.1, 0.15) is 62.1 Å². The van der Waals surface area contributed by atoms with E-state index in [1.54, 1.807) is 0 Å². The van der Waals surface area contributed by atoms with Crippen molar-refractivity contribution in [2.24, 2.45) is 5.92 Å². The molecule has 2 aromatic rings. The number of piperidine rings is 1. The van der Waals surface area contributed by atoms with Crippen molar-refractivity contribution in [1.82, 2.24) is 15.5 Å². The van der Waals surface area contributed by atoms with Crippen LogP contribution < -0.4 is 10.6 Å². The van der Waals surface area contributed by atoms with Crippen LogP contribution in [0, 0.1) is 5.92 Å². The molecule has 0 bridgehead atoms. The summed E-state index contributed by atoms with van der Waals surface area (Å²) in [5.41, 5.74) is 2.00. The van der Waals surface area contributed by atoms with Crippen molar-refractivity contribution in [3.63, 3.8) is 0 Å². The topological polar surface area (TPSA) is 78.5 Å². The second-order valence-electron chi connectivity index (χ2n) is 9.10. The first-order valence-corrected chi connectivity index (χ1v) is 12.1. The van der Waals surface area contributed by atoms with E-state index in [1.807, 2.05) is 65.6 Å². The minimum absolute atomic E-state index is 0.00802. The number of amides is 3. The molecule has 1 aliphatic heterocycles. The number of carbonyl (C=O) groups is 3. The molecule has 0 aromatic heterocycles. The summed E-state index contributed by atoms with van der Waals surface area (Å²) in [6, 6.07) is 19.6. The van der Waals surface area contributed by atoms with E-state index in [4.69, 9.17) is 0 Å². The summed E-state index contributed by atoms with van der Waals surface area (Å²) < 4.78 is 0. The Morgan fingerprint density at radius 1 is 0.909 bits per heavy atom. The minimum Gasteiger partial charge on any atom is -0.355 e. The van der Waals surface area contributed by atoms with Crippen LogP contribution in [-0.4, -0.2) is 35.2 Å². The first-order chi connectivity index (χ1) is 16.1. The maximum absolute atomic E-state index is 13.2. The summed E-state index contributed by atoms with van der Waals surface area (Å²) in [7, 11) is 0. The van der Waals surface area contributed by atoms with Gasteiger partial charge in [-0.2, -0.15) is 0 Å². The smallest absolute Gasteiger partial charge is 0.225 e. The Hall–Kier alpha value is -3.15. The van der Waals surface area contributed by atoms with Crippen molar-refractivity contribution in [2.45, 2.75) is 63.6 Å². The fourth-order valence-electron chi connectivity index (χ4n) is 5.06. The Kier molecular flexibility index (Phi) is 7.76. The predicted octanol–water partition coefficient (Wildman–Crippen LogP) is 3.73. The van der Waals surface area contributed by atoms with E-state index in [9.17, 15) is 14.4 Å². The Morgan fingerprint density at radius 2 is 1.58 bits per heavy atom. The number of hydrogen-bond acceptors (Lipinski definition) is 3. The lowest BCUT2D eigenvalue weighted by molar-refractivity contribution is -0.144. The molecular weight excluding hydrogens is 414 g/mol. The molecule has 2 fully saturated rings. The van der Waals surface area contributed by atoms with E-state index < -0.39 is 0 Å². The van der Waals surface area contributed by atoms with Crippen molar-refractivity contribution in [2.75, 3.05) is 6.54 Å². The molecule has 2 atom stereocenters. The number of likely N-dealkylation sites (tertiary alicyclic amines) is 1. The van der Waals surface area contributed by atoms with E-state index in [0.29, 0.717) is 25.9 Å². The lowest BCUT2D eigenvalue weighted by Crippen LogP contribution is -2.48. The fraction of sp³-hybridized carbons (Fsp3) is 0.444. The summed E-state index contributed by atoms with van der Waals surface area (Å²) in [5, 5.41) is 6.03. The first kappa shape index (κ1) is 23.0. The zero-order valence-electron chi connectivity index (χ0n) is 19.0. The molecule has 6 heteroatoms. The average molecular weight is 448 g/mol. The second-order valence-corrected chi connectivity index (χ2v) is 9.10. The van der Waals surface area contributed by atoms with Gasteiger partial charge in [-0.15, -0.1) is 0 Å². The number of benzene rings is 2. The van der Waals surface area contributed by atoms with Gasteiger partial charge in [0.2, 0.25) is 17.7 Å². The van der Waals surface area contributed by atoms with Gasteiger partial charge in [0.15, 0.2) is 0 Å². The third-order valence-corrected chi connectivity index (χ3v) is 6.75. The van der Waals surface area contributed by atoms with E-state index in [0.717, 1.165) is 24.0 Å². The summed E-state index contributed by atoms with van der Waals surface area (Å²) in [5.74, 6) is -0.395. The quantitative estimate of drug-likeness (QED) is 0.647. The van der Waals surface area contributed by atoms with Crippen LogP contribution in [-0.2, 0) is 20.9 Å². The summed E-state index contributed by atoms with van der Waals surface area (Å²) in [4.78, 5) is 40.3.